The number of aromatic nitrogens is 1. The summed E-state index contributed by atoms with van der Waals surface area (Å²) in [5.41, 5.74) is 2.20. The number of pyridine rings is 1. The zero-order valence-electron chi connectivity index (χ0n) is 13.1. The number of aromatic hydroxyl groups is 1. The largest absolute Gasteiger partial charge is 0.504 e. The van der Waals surface area contributed by atoms with Gasteiger partial charge in [0.25, 0.3) is 0 Å². The molecule has 3 rings (SSSR count). The van der Waals surface area contributed by atoms with Crippen LogP contribution < -0.4 is 10.1 Å². The molecular formula is C17H22ClN3O2. The molecule has 1 saturated heterocycles. The minimum absolute atomic E-state index is 0. The summed E-state index contributed by atoms with van der Waals surface area (Å²) >= 11 is 0. The van der Waals surface area contributed by atoms with Gasteiger partial charge in [0.05, 0.1) is 7.11 Å². The van der Waals surface area contributed by atoms with Gasteiger partial charge in [0.15, 0.2) is 11.5 Å². The number of nitrogens with zero attached hydrogens (tertiary/aromatic N) is 2. The number of benzene rings is 1. The summed E-state index contributed by atoms with van der Waals surface area (Å²) < 4.78 is 5.35. The second kappa shape index (κ2) is 8.15. The fraction of sp³-hybridized carbons (Fsp3) is 0.353. The number of rotatable bonds is 4. The van der Waals surface area contributed by atoms with E-state index >= 15 is 0 Å². The van der Waals surface area contributed by atoms with E-state index in [1.807, 2.05) is 24.4 Å². The molecule has 0 saturated carbocycles. The molecule has 2 heterocycles. The van der Waals surface area contributed by atoms with Gasteiger partial charge in [0, 0.05) is 50.2 Å². The topological polar surface area (TPSA) is 57.6 Å². The van der Waals surface area contributed by atoms with Crippen LogP contribution in [0.5, 0.6) is 11.5 Å². The van der Waals surface area contributed by atoms with Crippen LogP contribution in [-0.2, 0) is 6.54 Å². The van der Waals surface area contributed by atoms with E-state index in [0.29, 0.717) is 5.75 Å². The molecule has 2 N–H and O–H groups in total. The zero-order chi connectivity index (χ0) is 15.4. The van der Waals surface area contributed by atoms with Crippen LogP contribution in [0, 0.1) is 0 Å². The molecule has 1 fully saturated rings. The van der Waals surface area contributed by atoms with Crippen molar-refractivity contribution in [2.75, 3.05) is 26.7 Å². The molecule has 5 nitrogen and oxygen atoms in total. The highest BCUT2D eigenvalue weighted by atomic mass is 35.5. The van der Waals surface area contributed by atoms with E-state index in [4.69, 9.17) is 4.74 Å². The summed E-state index contributed by atoms with van der Waals surface area (Å²) in [5, 5.41) is 13.4. The molecule has 6 heteroatoms. The molecule has 0 aliphatic carbocycles. The van der Waals surface area contributed by atoms with Gasteiger partial charge in [-0.05, 0) is 17.7 Å². The van der Waals surface area contributed by atoms with Gasteiger partial charge in [-0.2, -0.15) is 0 Å². The number of hydrogen-bond donors (Lipinski definition) is 2. The number of ether oxygens (including phenoxy) is 1. The first-order valence-corrected chi connectivity index (χ1v) is 7.49. The molecule has 0 bridgehead atoms. The Morgan fingerprint density at radius 1 is 1.35 bits per heavy atom. The molecule has 1 unspecified atom stereocenters. The van der Waals surface area contributed by atoms with Crippen LogP contribution in [0.25, 0.3) is 0 Å². The number of piperazine rings is 1. The van der Waals surface area contributed by atoms with Gasteiger partial charge in [-0.1, -0.05) is 18.2 Å². The monoisotopic (exact) mass is 335 g/mol. The maximum absolute atomic E-state index is 9.94. The van der Waals surface area contributed by atoms with Crippen LogP contribution in [0.15, 0.2) is 42.7 Å². The van der Waals surface area contributed by atoms with Crippen molar-refractivity contribution in [1.29, 1.82) is 0 Å². The highest BCUT2D eigenvalue weighted by molar-refractivity contribution is 5.85. The predicted octanol–water partition coefficient (Wildman–Crippen LogP) is 2.36. The fourth-order valence-corrected chi connectivity index (χ4v) is 2.99. The molecular weight excluding hydrogens is 314 g/mol. The van der Waals surface area contributed by atoms with E-state index in [1.165, 1.54) is 5.56 Å². The number of phenolic OH excluding ortho intramolecular Hbond substituents is 1. The molecule has 1 aliphatic heterocycles. The molecule has 1 aromatic carbocycles. The molecule has 2 aromatic rings. The Labute approximate surface area is 142 Å². The normalized spacial score (nSPS) is 18.2. The van der Waals surface area contributed by atoms with Crippen molar-refractivity contribution < 1.29 is 9.84 Å². The quantitative estimate of drug-likeness (QED) is 0.898. The predicted molar refractivity (Wildman–Crippen MR) is 92.2 cm³/mol. The third kappa shape index (κ3) is 3.93. The lowest BCUT2D eigenvalue weighted by atomic mass is 10.0. The maximum Gasteiger partial charge on any atom is 0.164 e. The van der Waals surface area contributed by atoms with Crippen molar-refractivity contribution in [3.8, 4) is 11.5 Å². The molecule has 1 aromatic heterocycles. The van der Waals surface area contributed by atoms with Crippen molar-refractivity contribution in [3.63, 3.8) is 0 Å². The molecule has 23 heavy (non-hydrogen) atoms. The summed E-state index contributed by atoms with van der Waals surface area (Å²) in [5.74, 6) is 0.749. The number of methoxy groups -OCH3 is 1. The van der Waals surface area contributed by atoms with E-state index in [0.717, 1.165) is 31.7 Å². The minimum Gasteiger partial charge on any atom is -0.504 e. The average molecular weight is 336 g/mol. The van der Waals surface area contributed by atoms with Crippen LogP contribution in [0.2, 0.25) is 0 Å². The number of halogens is 1. The number of nitrogens with one attached hydrogen (secondary N) is 1. The number of phenols is 1. The Kier molecular flexibility index (Phi) is 6.21. The second-order valence-corrected chi connectivity index (χ2v) is 5.45. The summed E-state index contributed by atoms with van der Waals surface area (Å²) in [7, 11) is 1.59. The van der Waals surface area contributed by atoms with Crippen LogP contribution in [-0.4, -0.2) is 41.7 Å². The van der Waals surface area contributed by atoms with Gasteiger partial charge in [-0.3, -0.25) is 9.88 Å². The van der Waals surface area contributed by atoms with Gasteiger partial charge in [-0.25, -0.2) is 0 Å². The van der Waals surface area contributed by atoms with E-state index in [2.05, 4.69) is 21.3 Å². The molecule has 0 spiro atoms. The van der Waals surface area contributed by atoms with Gasteiger partial charge >= 0.3 is 0 Å². The molecule has 124 valence electrons. The van der Waals surface area contributed by atoms with Gasteiger partial charge in [-0.15, -0.1) is 12.4 Å². The van der Waals surface area contributed by atoms with Crippen molar-refractivity contribution in [1.82, 2.24) is 15.2 Å². The lowest BCUT2D eigenvalue weighted by molar-refractivity contribution is 0.151. The highest BCUT2D eigenvalue weighted by Crippen LogP contribution is 2.32. The second-order valence-electron chi connectivity index (χ2n) is 5.45. The third-order valence-corrected chi connectivity index (χ3v) is 4.08. The Balaban J connectivity index is 0.00000192. The zero-order valence-corrected chi connectivity index (χ0v) is 13.9. The molecule has 0 amide bonds. The standard InChI is InChI=1S/C17H21N3O2.ClH/c1-22-17-14(4-2-6-16(17)21)12-20-9-8-19-11-15(20)13-5-3-7-18-10-13;/h2-7,10,15,19,21H,8-9,11-12H2,1H3;1H. The van der Waals surface area contributed by atoms with E-state index in [9.17, 15) is 5.11 Å². The minimum atomic E-state index is 0. The third-order valence-electron chi connectivity index (χ3n) is 4.08. The number of hydrogen-bond acceptors (Lipinski definition) is 5. The Bertz CT molecular complexity index is 624. The lowest BCUT2D eigenvalue weighted by Gasteiger charge is -2.36. The molecule has 0 radical (unpaired) electrons. The van der Waals surface area contributed by atoms with Gasteiger partial charge < -0.3 is 15.2 Å². The molecule has 1 atom stereocenters. The van der Waals surface area contributed by atoms with Crippen LogP contribution >= 0.6 is 12.4 Å². The van der Waals surface area contributed by atoms with Crippen molar-refractivity contribution in [2.24, 2.45) is 0 Å². The Morgan fingerprint density at radius 2 is 2.22 bits per heavy atom. The van der Waals surface area contributed by atoms with Crippen molar-refractivity contribution >= 4 is 12.4 Å². The summed E-state index contributed by atoms with van der Waals surface area (Å²) in [6.45, 7) is 3.53. The lowest BCUT2D eigenvalue weighted by Crippen LogP contribution is -2.45. The fourth-order valence-electron chi connectivity index (χ4n) is 2.99. The van der Waals surface area contributed by atoms with Crippen molar-refractivity contribution in [2.45, 2.75) is 12.6 Å². The molecule has 1 aliphatic rings. The SMILES string of the molecule is COc1c(O)cccc1CN1CCNCC1c1cccnc1.Cl. The van der Waals surface area contributed by atoms with Crippen LogP contribution in [0.1, 0.15) is 17.2 Å². The van der Waals surface area contributed by atoms with Crippen LogP contribution in [0.3, 0.4) is 0 Å². The average Bonchev–Trinajstić information content (AvgIpc) is 2.56. The summed E-state index contributed by atoms with van der Waals surface area (Å²) in [4.78, 5) is 6.62. The van der Waals surface area contributed by atoms with Crippen molar-refractivity contribution in [3.05, 3.63) is 53.9 Å². The summed E-state index contributed by atoms with van der Waals surface area (Å²) in [6, 6.07) is 9.86. The smallest absolute Gasteiger partial charge is 0.164 e. The summed E-state index contributed by atoms with van der Waals surface area (Å²) in [6.07, 6.45) is 3.72. The first-order valence-electron chi connectivity index (χ1n) is 7.49. The van der Waals surface area contributed by atoms with E-state index < -0.39 is 0 Å². The van der Waals surface area contributed by atoms with Crippen LogP contribution in [0.4, 0.5) is 0 Å². The maximum atomic E-state index is 9.94. The van der Waals surface area contributed by atoms with E-state index in [-0.39, 0.29) is 24.2 Å². The highest BCUT2D eigenvalue weighted by Gasteiger charge is 2.25. The Hall–Kier alpha value is -1.82. The van der Waals surface area contributed by atoms with Gasteiger partial charge in [0.1, 0.15) is 0 Å². The van der Waals surface area contributed by atoms with E-state index in [1.54, 1.807) is 19.4 Å². The van der Waals surface area contributed by atoms with Gasteiger partial charge in [0.2, 0.25) is 0 Å². The number of para-hydroxylation sites is 1. The Morgan fingerprint density at radius 3 is 2.96 bits per heavy atom. The first kappa shape index (κ1) is 17.5. The first-order chi connectivity index (χ1) is 10.8.